The Hall–Kier alpha value is -2.01. The lowest BCUT2D eigenvalue weighted by Gasteiger charge is -2.09. The molecule has 5 nitrogen and oxygen atoms in total. The number of aryl methyl sites for hydroxylation is 1. The van der Waals surface area contributed by atoms with Gasteiger partial charge in [0.1, 0.15) is 11.8 Å². The molecule has 2 aromatic rings. The molecule has 0 amide bonds. The molecule has 1 aromatic carbocycles. The third-order valence-electron chi connectivity index (χ3n) is 3.38. The van der Waals surface area contributed by atoms with Crippen LogP contribution in [-0.2, 0) is 16.0 Å². The average molecular weight is 276 g/mol. The standard InChI is InChI=1S/C15H20N2O3/c1-4-20-15(18)12(16)8-14-9(2)11-7-10(19-3)5-6-13(11)17-14/h5-7,12,17H,4,8,16H2,1-3H3. The van der Waals surface area contributed by atoms with Crippen LogP contribution in [0, 0.1) is 6.92 Å². The minimum absolute atomic E-state index is 0.343. The monoisotopic (exact) mass is 276 g/mol. The summed E-state index contributed by atoms with van der Waals surface area (Å²) >= 11 is 0. The normalized spacial score (nSPS) is 12.4. The number of ether oxygens (including phenoxy) is 2. The van der Waals surface area contributed by atoms with Gasteiger partial charge >= 0.3 is 5.97 Å². The number of carbonyl (C=O) groups excluding carboxylic acids is 1. The molecule has 5 heteroatoms. The summed E-state index contributed by atoms with van der Waals surface area (Å²) in [5.41, 5.74) is 8.91. The van der Waals surface area contributed by atoms with Crippen molar-refractivity contribution in [3.05, 3.63) is 29.5 Å². The van der Waals surface area contributed by atoms with E-state index < -0.39 is 6.04 Å². The van der Waals surface area contributed by atoms with Crippen molar-refractivity contribution < 1.29 is 14.3 Å². The van der Waals surface area contributed by atoms with Crippen LogP contribution in [0.25, 0.3) is 10.9 Å². The molecule has 20 heavy (non-hydrogen) atoms. The van der Waals surface area contributed by atoms with Gasteiger partial charge in [-0.1, -0.05) is 0 Å². The van der Waals surface area contributed by atoms with Crippen LogP contribution in [-0.4, -0.2) is 30.7 Å². The summed E-state index contributed by atoms with van der Waals surface area (Å²) in [6.45, 7) is 4.12. The van der Waals surface area contributed by atoms with Crippen LogP contribution in [0.1, 0.15) is 18.2 Å². The number of aromatic amines is 1. The Morgan fingerprint density at radius 3 is 2.85 bits per heavy atom. The van der Waals surface area contributed by atoms with E-state index >= 15 is 0 Å². The lowest BCUT2D eigenvalue weighted by Crippen LogP contribution is -2.34. The lowest BCUT2D eigenvalue weighted by molar-refractivity contribution is -0.144. The Balaban J connectivity index is 2.27. The number of fused-ring (bicyclic) bond motifs is 1. The van der Waals surface area contributed by atoms with Crippen molar-refractivity contribution in [2.45, 2.75) is 26.3 Å². The highest BCUT2D eigenvalue weighted by Gasteiger charge is 2.18. The van der Waals surface area contributed by atoms with E-state index in [2.05, 4.69) is 4.98 Å². The maximum absolute atomic E-state index is 11.6. The van der Waals surface area contributed by atoms with Gasteiger partial charge < -0.3 is 20.2 Å². The zero-order valence-corrected chi connectivity index (χ0v) is 12.0. The average Bonchev–Trinajstić information content (AvgIpc) is 2.75. The predicted octanol–water partition coefficient (Wildman–Crippen LogP) is 1.92. The van der Waals surface area contributed by atoms with Crippen molar-refractivity contribution in [1.29, 1.82) is 0 Å². The topological polar surface area (TPSA) is 77.3 Å². The summed E-state index contributed by atoms with van der Waals surface area (Å²) in [6, 6.07) is 5.18. The van der Waals surface area contributed by atoms with Gasteiger partial charge in [-0.15, -0.1) is 0 Å². The van der Waals surface area contributed by atoms with Crippen molar-refractivity contribution in [3.63, 3.8) is 0 Å². The molecule has 3 N–H and O–H groups in total. The number of rotatable bonds is 5. The zero-order chi connectivity index (χ0) is 14.7. The minimum Gasteiger partial charge on any atom is -0.497 e. The van der Waals surface area contributed by atoms with Crippen molar-refractivity contribution in [1.82, 2.24) is 4.98 Å². The first-order chi connectivity index (χ1) is 9.56. The number of carbonyl (C=O) groups is 1. The van der Waals surface area contributed by atoms with Gasteiger partial charge in [0.25, 0.3) is 0 Å². The molecule has 0 aliphatic rings. The van der Waals surface area contributed by atoms with Crippen LogP contribution in [0.15, 0.2) is 18.2 Å². The van der Waals surface area contributed by atoms with Crippen LogP contribution in [0.4, 0.5) is 0 Å². The summed E-state index contributed by atoms with van der Waals surface area (Å²) < 4.78 is 10.2. The number of methoxy groups -OCH3 is 1. The second-order valence-corrected chi connectivity index (χ2v) is 4.70. The summed E-state index contributed by atoms with van der Waals surface area (Å²) in [7, 11) is 1.64. The molecule has 108 valence electrons. The number of aromatic nitrogens is 1. The molecule has 0 radical (unpaired) electrons. The number of H-pyrrole nitrogens is 1. The molecule has 0 saturated heterocycles. The maximum atomic E-state index is 11.6. The maximum Gasteiger partial charge on any atom is 0.323 e. The fraction of sp³-hybridized carbons (Fsp3) is 0.400. The highest BCUT2D eigenvalue weighted by Crippen LogP contribution is 2.26. The van der Waals surface area contributed by atoms with Gasteiger partial charge in [0.05, 0.1) is 13.7 Å². The molecule has 1 atom stereocenters. The van der Waals surface area contributed by atoms with E-state index in [0.29, 0.717) is 13.0 Å². The molecular weight excluding hydrogens is 256 g/mol. The van der Waals surface area contributed by atoms with Crippen LogP contribution < -0.4 is 10.5 Å². The second kappa shape index (κ2) is 5.96. The molecule has 0 bridgehead atoms. The molecule has 0 fully saturated rings. The van der Waals surface area contributed by atoms with Gasteiger partial charge in [-0.05, 0) is 37.6 Å². The molecule has 1 heterocycles. The van der Waals surface area contributed by atoms with Crippen LogP contribution >= 0.6 is 0 Å². The highest BCUT2D eigenvalue weighted by atomic mass is 16.5. The van der Waals surface area contributed by atoms with Crippen LogP contribution in [0.2, 0.25) is 0 Å². The van der Waals surface area contributed by atoms with E-state index in [1.165, 1.54) is 0 Å². The van der Waals surface area contributed by atoms with Crippen molar-refractivity contribution in [2.75, 3.05) is 13.7 Å². The quantitative estimate of drug-likeness (QED) is 0.818. The van der Waals surface area contributed by atoms with E-state index in [0.717, 1.165) is 27.9 Å². The van der Waals surface area contributed by atoms with E-state index in [-0.39, 0.29) is 5.97 Å². The Kier molecular flexibility index (Phi) is 4.29. The fourth-order valence-electron chi connectivity index (χ4n) is 2.25. The fourth-order valence-corrected chi connectivity index (χ4v) is 2.25. The molecule has 0 aliphatic heterocycles. The number of hydrogen-bond acceptors (Lipinski definition) is 4. The number of benzene rings is 1. The summed E-state index contributed by atoms with van der Waals surface area (Å²) in [5, 5.41) is 1.08. The molecular formula is C15H20N2O3. The molecule has 1 aromatic heterocycles. The second-order valence-electron chi connectivity index (χ2n) is 4.70. The summed E-state index contributed by atoms with van der Waals surface area (Å²) in [5.74, 6) is 0.434. The van der Waals surface area contributed by atoms with Crippen LogP contribution in [0.3, 0.4) is 0 Å². The molecule has 0 aliphatic carbocycles. The number of nitrogens with two attached hydrogens (primary N) is 1. The Labute approximate surface area is 118 Å². The molecule has 0 spiro atoms. The van der Waals surface area contributed by atoms with E-state index in [9.17, 15) is 4.79 Å². The summed E-state index contributed by atoms with van der Waals surface area (Å²) in [6.07, 6.45) is 0.432. The number of hydrogen-bond donors (Lipinski definition) is 2. The Morgan fingerprint density at radius 2 is 2.20 bits per heavy atom. The predicted molar refractivity (Wildman–Crippen MR) is 77.9 cm³/mol. The first-order valence-electron chi connectivity index (χ1n) is 6.64. The van der Waals surface area contributed by atoms with Gasteiger partial charge in [-0.25, -0.2) is 0 Å². The zero-order valence-electron chi connectivity index (χ0n) is 12.0. The third kappa shape index (κ3) is 2.77. The minimum atomic E-state index is -0.649. The van der Waals surface area contributed by atoms with E-state index in [1.54, 1.807) is 14.0 Å². The number of nitrogens with one attached hydrogen (secondary N) is 1. The van der Waals surface area contributed by atoms with Gasteiger partial charge in [0.15, 0.2) is 0 Å². The lowest BCUT2D eigenvalue weighted by atomic mass is 10.1. The number of esters is 1. The Bertz CT molecular complexity index is 619. The van der Waals surface area contributed by atoms with Crippen molar-refractivity contribution in [3.8, 4) is 5.75 Å². The Morgan fingerprint density at radius 1 is 1.45 bits per heavy atom. The van der Waals surface area contributed by atoms with Gasteiger partial charge in [0.2, 0.25) is 0 Å². The molecule has 1 unspecified atom stereocenters. The SMILES string of the molecule is CCOC(=O)C(N)Cc1[nH]c2ccc(OC)cc2c1C. The summed E-state index contributed by atoms with van der Waals surface area (Å²) in [4.78, 5) is 14.9. The van der Waals surface area contributed by atoms with E-state index in [1.807, 2.05) is 25.1 Å². The van der Waals surface area contributed by atoms with Gasteiger partial charge in [-0.2, -0.15) is 0 Å². The highest BCUT2D eigenvalue weighted by molar-refractivity contribution is 5.86. The smallest absolute Gasteiger partial charge is 0.323 e. The molecule has 2 rings (SSSR count). The first kappa shape index (κ1) is 14.4. The van der Waals surface area contributed by atoms with Crippen molar-refractivity contribution >= 4 is 16.9 Å². The van der Waals surface area contributed by atoms with Gasteiger partial charge in [-0.3, -0.25) is 4.79 Å². The largest absolute Gasteiger partial charge is 0.497 e. The van der Waals surface area contributed by atoms with Crippen molar-refractivity contribution in [2.24, 2.45) is 5.73 Å². The van der Waals surface area contributed by atoms with Crippen LogP contribution in [0.5, 0.6) is 5.75 Å². The van der Waals surface area contributed by atoms with Gasteiger partial charge in [0, 0.05) is 23.0 Å². The van der Waals surface area contributed by atoms with E-state index in [4.69, 9.17) is 15.2 Å². The first-order valence-corrected chi connectivity index (χ1v) is 6.64. The molecule has 0 saturated carbocycles. The third-order valence-corrected chi connectivity index (χ3v) is 3.38.